The SMILES string of the molecule is CNC(=O)/C=C/Cn1nnnc1C. The Morgan fingerprint density at radius 1 is 1.69 bits per heavy atom. The van der Waals surface area contributed by atoms with E-state index in [1.807, 2.05) is 0 Å². The summed E-state index contributed by atoms with van der Waals surface area (Å²) in [6.07, 6.45) is 3.14. The Labute approximate surface area is 75.6 Å². The largest absolute Gasteiger partial charge is 0.356 e. The maximum atomic E-state index is 10.8. The van der Waals surface area contributed by atoms with Gasteiger partial charge in [0.25, 0.3) is 0 Å². The van der Waals surface area contributed by atoms with Crippen LogP contribution in [0.2, 0.25) is 0 Å². The minimum absolute atomic E-state index is 0.134. The molecule has 6 heteroatoms. The molecule has 0 spiro atoms. The van der Waals surface area contributed by atoms with Crippen LogP contribution in [0.1, 0.15) is 5.82 Å². The lowest BCUT2D eigenvalue weighted by Gasteiger charge is -1.94. The van der Waals surface area contributed by atoms with E-state index in [0.717, 1.165) is 5.82 Å². The lowest BCUT2D eigenvalue weighted by atomic mass is 10.4. The summed E-state index contributed by atoms with van der Waals surface area (Å²) in [6, 6.07) is 0. The fraction of sp³-hybridized carbons (Fsp3) is 0.429. The van der Waals surface area contributed by atoms with E-state index in [9.17, 15) is 4.79 Å². The number of allylic oxidation sites excluding steroid dienone is 1. The van der Waals surface area contributed by atoms with Gasteiger partial charge in [0.05, 0.1) is 6.54 Å². The lowest BCUT2D eigenvalue weighted by Crippen LogP contribution is -2.14. The Kier molecular flexibility index (Phi) is 3.13. The van der Waals surface area contributed by atoms with E-state index in [1.165, 1.54) is 6.08 Å². The molecule has 6 nitrogen and oxygen atoms in total. The minimum Gasteiger partial charge on any atom is -0.356 e. The molecule has 0 aromatic carbocycles. The van der Waals surface area contributed by atoms with Gasteiger partial charge in [-0.15, -0.1) is 5.10 Å². The van der Waals surface area contributed by atoms with Crippen molar-refractivity contribution in [3.63, 3.8) is 0 Å². The maximum Gasteiger partial charge on any atom is 0.243 e. The highest BCUT2D eigenvalue weighted by atomic mass is 16.1. The summed E-state index contributed by atoms with van der Waals surface area (Å²) in [5.41, 5.74) is 0. The lowest BCUT2D eigenvalue weighted by molar-refractivity contribution is -0.116. The van der Waals surface area contributed by atoms with E-state index in [-0.39, 0.29) is 5.91 Å². The van der Waals surface area contributed by atoms with Crippen LogP contribution in [0.15, 0.2) is 12.2 Å². The van der Waals surface area contributed by atoms with Crippen molar-refractivity contribution >= 4 is 5.91 Å². The summed E-state index contributed by atoms with van der Waals surface area (Å²) in [6.45, 7) is 2.31. The fourth-order valence-corrected chi connectivity index (χ4v) is 0.761. The molecule has 0 aliphatic carbocycles. The number of likely N-dealkylation sites (N-methyl/N-ethyl adjacent to an activating group) is 1. The van der Waals surface area contributed by atoms with Crippen molar-refractivity contribution < 1.29 is 4.79 Å². The van der Waals surface area contributed by atoms with Gasteiger partial charge in [0.2, 0.25) is 5.91 Å². The summed E-state index contributed by atoms with van der Waals surface area (Å²) in [5, 5.41) is 13.4. The zero-order chi connectivity index (χ0) is 9.68. The topological polar surface area (TPSA) is 72.7 Å². The number of aromatic nitrogens is 4. The Morgan fingerprint density at radius 2 is 2.46 bits per heavy atom. The number of aryl methyl sites for hydroxylation is 1. The highest BCUT2D eigenvalue weighted by Gasteiger charge is 1.96. The Balaban J connectivity index is 2.48. The maximum absolute atomic E-state index is 10.8. The van der Waals surface area contributed by atoms with Crippen molar-refractivity contribution in [2.75, 3.05) is 7.05 Å². The number of carbonyl (C=O) groups excluding carboxylic acids is 1. The van der Waals surface area contributed by atoms with Crippen LogP contribution in [-0.2, 0) is 11.3 Å². The van der Waals surface area contributed by atoms with Crippen molar-refractivity contribution in [3.05, 3.63) is 18.0 Å². The Morgan fingerprint density at radius 3 is 3.00 bits per heavy atom. The molecule has 0 aliphatic heterocycles. The summed E-state index contributed by atoms with van der Waals surface area (Å²) in [4.78, 5) is 10.8. The smallest absolute Gasteiger partial charge is 0.243 e. The van der Waals surface area contributed by atoms with Crippen LogP contribution < -0.4 is 5.32 Å². The van der Waals surface area contributed by atoms with E-state index in [2.05, 4.69) is 20.8 Å². The molecule has 1 aromatic rings. The quantitative estimate of drug-likeness (QED) is 0.625. The molecular formula is C7H11N5O. The van der Waals surface area contributed by atoms with E-state index in [4.69, 9.17) is 0 Å². The number of hydrogen-bond acceptors (Lipinski definition) is 4. The molecule has 0 atom stereocenters. The zero-order valence-corrected chi connectivity index (χ0v) is 7.56. The van der Waals surface area contributed by atoms with Crippen molar-refractivity contribution in [1.82, 2.24) is 25.5 Å². The molecule has 0 radical (unpaired) electrons. The zero-order valence-electron chi connectivity index (χ0n) is 7.56. The van der Waals surface area contributed by atoms with Gasteiger partial charge in [0.15, 0.2) is 0 Å². The highest BCUT2D eigenvalue weighted by Crippen LogP contribution is 1.88. The molecule has 1 aromatic heterocycles. The van der Waals surface area contributed by atoms with Crippen molar-refractivity contribution in [1.29, 1.82) is 0 Å². The van der Waals surface area contributed by atoms with E-state index >= 15 is 0 Å². The normalized spacial score (nSPS) is 10.6. The van der Waals surface area contributed by atoms with Crippen molar-refractivity contribution in [2.24, 2.45) is 0 Å². The van der Waals surface area contributed by atoms with E-state index < -0.39 is 0 Å². The van der Waals surface area contributed by atoms with E-state index in [0.29, 0.717) is 6.54 Å². The van der Waals surface area contributed by atoms with Crippen LogP contribution in [0.25, 0.3) is 0 Å². The molecule has 0 unspecified atom stereocenters. The van der Waals surface area contributed by atoms with Crippen LogP contribution in [0, 0.1) is 6.92 Å². The average Bonchev–Trinajstić information content (AvgIpc) is 2.52. The fourth-order valence-electron chi connectivity index (χ4n) is 0.761. The standard InChI is InChI=1S/C7H11N5O/c1-6-9-10-11-12(6)5-3-4-7(13)8-2/h3-4H,5H2,1-2H3,(H,8,13)/b4-3+. The van der Waals surface area contributed by atoms with Crippen LogP contribution in [0.4, 0.5) is 0 Å². The van der Waals surface area contributed by atoms with Crippen LogP contribution in [0.3, 0.4) is 0 Å². The first-order valence-electron chi connectivity index (χ1n) is 3.85. The number of nitrogens with zero attached hydrogens (tertiary/aromatic N) is 4. The Hall–Kier alpha value is -1.72. The minimum atomic E-state index is -0.134. The molecule has 0 bridgehead atoms. The number of hydrogen-bond donors (Lipinski definition) is 1. The van der Waals surface area contributed by atoms with Crippen molar-refractivity contribution in [3.8, 4) is 0 Å². The van der Waals surface area contributed by atoms with E-state index in [1.54, 1.807) is 24.7 Å². The summed E-state index contributed by atoms with van der Waals surface area (Å²) >= 11 is 0. The Bertz CT molecular complexity index is 316. The molecule has 1 amide bonds. The second kappa shape index (κ2) is 4.34. The van der Waals surface area contributed by atoms with Crippen LogP contribution in [0.5, 0.6) is 0 Å². The average molecular weight is 181 g/mol. The van der Waals surface area contributed by atoms with Gasteiger partial charge in [-0.3, -0.25) is 4.79 Å². The summed E-state index contributed by atoms with van der Waals surface area (Å²) in [7, 11) is 1.58. The molecule has 0 saturated heterocycles. The number of nitrogens with one attached hydrogen (secondary N) is 1. The molecular weight excluding hydrogens is 170 g/mol. The number of rotatable bonds is 3. The number of tetrazole rings is 1. The predicted octanol–water partition coefficient (Wildman–Crippen LogP) is -0.716. The third kappa shape index (κ3) is 2.66. The van der Waals surface area contributed by atoms with Gasteiger partial charge in [-0.05, 0) is 17.4 Å². The number of amides is 1. The van der Waals surface area contributed by atoms with Gasteiger partial charge >= 0.3 is 0 Å². The van der Waals surface area contributed by atoms with Gasteiger partial charge < -0.3 is 5.32 Å². The first-order valence-corrected chi connectivity index (χ1v) is 3.85. The van der Waals surface area contributed by atoms with Gasteiger partial charge in [-0.2, -0.15) is 0 Å². The van der Waals surface area contributed by atoms with Crippen LogP contribution in [-0.4, -0.2) is 33.2 Å². The predicted molar refractivity (Wildman–Crippen MR) is 45.8 cm³/mol. The third-order valence-electron chi connectivity index (χ3n) is 1.50. The molecule has 0 fully saturated rings. The third-order valence-corrected chi connectivity index (χ3v) is 1.50. The second-order valence-corrected chi connectivity index (χ2v) is 2.42. The molecule has 13 heavy (non-hydrogen) atoms. The monoisotopic (exact) mass is 181 g/mol. The van der Waals surface area contributed by atoms with Gasteiger partial charge in [0.1, 0.15) is 5.82 Å². The first-order chi connectivity index (χ1) is 6.24. The molecule has 1 heterocycles. The molecule has 0 saturated carbocycles. The molecule has 1 rings (SSSR count). The highest BCUT2D eigenvalue weighted by molar-refractivity contribution is 5.87. The summed E-state index contributed by atoms with van der Waals surface area (Å²) < 4.78 is 1.60. The van der Waals surface area contributed by atoms with Crippen LogP contribution >= 0.6 is 0 Å². The molecule has 70 valence electrons. The van der Waals surface area contributed by atoms with Gasteiger partial charge in [-0.25, -0.2) is 4.68 Å². The number of carbonyl (C=O) groups is 1. The van der Waals surface area contributed by atoms with Crippen molar-refractivity contribution in [2.45, 2.75) is 13.5 Å². The first kappa shape index (κ1) is 9.37. The summed E-state index contributed by atoms with van der Waals surface area (Å²) in [5.74, 6) is 0.590. The van der Waals surface area contributed by atoms with Gasteiger partial charge in [0, 0.05) is 13.1 Å². The molecule has 0 aliphatic rings. The second-order valence-electron chi connectivity index (χ2n) is 2.42. The molecule has 1 N–H and O–H groups in total. The van der Waals surface area contributed by atoms with Gasteiger partial charge in [-0.1, -0.05) is 6.08 Å².